The van der Waals surface area contributed by atoms with Gasteiger partial charge < -0.3 is 18.6 Å². The number of ketones is 1. The summed E-state index contributed by atoms with van der Waals surface area (Å²) in [6.07, 6.45) is 0. The first kappa shape index (κ1) is 27.6. The first-order valence-corrected chi connectivity index (χ1v) is 13.8. The fourth-order valence-electron chi connectivity index (χ4n) is 3.93. The maximum absolute atomic E-state index is 13.7. The molecule has 0 radical (unpaired) electrons. The van der Waals surface area contributed by atoms with Crippen LogP contribution in [-0.4, -0.2) is 58.7 Å². The van der Waals surface area contributed by atoms with Crippen molar-refractivity contribution in [2.24, 2.45) is 0 Å². The molecule has 1 fully saturated rings. The Balaban J connectivity index is 2.24. The monoisotopic (exact) mass is 506 g/mol. The molecule has 1 aliphatic heterocycles. The van der Waals surface area contributed by atoms with Crippen LogP contribution < -0.4 is 10.8 Å². The molecule has 1 saturated heterocycles. The van der Waals surface area contributed by atoms with E-state index in [9.17, 15) is 14.2 Å². The van der Waals surface area contributed by atoms with Crippen LogP contribution in [-0.2, 0) is 34.5 Å². The van der Waals surface area contributed by atoms with Crippen molar-refractivity contribution in [2.45, 2.75) is 85.7 Å². The molecule has 11 heteroatoms. The smallest absolute Gasteiger partial charge is 0.459 e. The molecule has 1 aliphatic rings. The third-order valence-corrected chi connectivity index (χ3v) is 8.26. The van der Waals surface area contributed by atoms with Crippen LogP contribution in [0.3, 0.4) is 0 Å². The number of nitrogens with zero attached hydrogens (tertiary/aromatic N) is 2. The molecule has 0 amide bonds. The Morgan fingerprint density at radius 3 is 2.20 bits per heavy atom. The minimum atomic E-state index is -3.33. The molecule has 192 valence electrons. The van der Waals surface area contributed by atoms with E-state index in [2.05, 4.69) is 5.10 Å². The van der Waals surface area contributed by atoms with Gasteiger partial charge in [-0.05, 0) is 73.0 Å². The van der Waals surface area contributed by atoms with Gasteiger partial charge in [0.2, 0.25) is 7.37 Å². The number of carbonyl (C=O) groups excluding carboxylic acids is 2. The Labute approximate surface area is 207 Å². The number of esters is 1. The molecule has 0 N–H and O–H groups in total. The molecular formula is C24H36BN2O7P. The fraction of sp³-hybridized carbons (Fsp3) is 0.625. The summed E-state index contributed by atoms with van der Waals surface area (Å²) in [5.74, 6) is -0.770. The van der Waals surface area contributed by atoms with Gasteiger partial charge in [-0.2, -0.15) is 5.10 Å². The molecule has 2 aromatic rings. The zero-order valence-corrected chi connectivity index (χ0v) is 23.2. The quantitative estimate of drug-likeness (QED) is 0.243. The van der Waals surface area contributed by atoms with Gasteiger partial charge in [0.25, 0.3) is 0 Å². The van der Waals surface area contributed by atoms with Gasteiger partial charge in [-0.25, -0.2) is 0 Å². The van der Waals surface area contributed by atoms with E-state index in [1.54, 1.807) is 39.8 Å². The highest BCUT2D eigenvalue weighted by atomic mass is 31.2. The van der Waals surface area contributed by atoms with Crippen LogP contribution in [0.25, 0.3) is 10.9 Å². The van der Waals surface area contributed by atoms with Crippen LogP contribution in [0.5, 0.6) is 0 Å². The van der Waals surface area contributed by atoms with Crippen molar-refractivity contribution < 1.29 is 32.7 Å². The summed E-state index contributed by atoms with van der Waals surface area (Å²) in [5, 5.41) is 5.31. The van der Waals surface area contributed by atoms with Gasteiger partial charge in [-0.15, -0.1) is 0 Å². The van der Waals surface area contributed by atoms with Crippen LogP contribution in [0.4, 0.5) is 0 Å². The van der Waals surface area contributed by atoms with Gasteiger partial charge in [0.15, 0.2) is 5.78 Å². The second kappa shape index (κ2) is 9.14. The molecule has 1 atom stereocenters. The first-order chi connectivity index (χ1) is 15.9. The van der Waals surface area contributed by atoms with Gasteiger partial charge in [-0.1, -0.05) is 0 Å². The van der Waals surface area contributed by atoms with Crippen LogP contribution in [0.1, 0.15) is 72.8 Å². The van der Waals surface area contributed by atoms with Crippen molar-refractivity contribution >= 4 is 47.9 Å². The number of Topliss-reactive ketones (excluding diaryl/α,β-unsaturated/α-hetero) is 1. The molecule has 1 aromatic heterocycles. The highest BCUT2D eigenvalue weighted by molar-refractivity contribution is 7.66. The lowest BCUT2D eigenvalue weighted by atomic mass is 9.78. The Morgan fingerprint density at radius 2 is 1.71 bits per heavy atom. The Morgan fingerprint density at radius 1 is 1.14 bits per heavy atom. The molecule has 2 heterocycles. The van der Waals surface area contributed by atoms with Gasteiger partial charge in [0, 0.05) is 24.3 Å². The second-order valence-electron chi connectivity index (χ2n) is 10.9. The van der Waals surface area contributed by atoms with Gasteiger partial charge in [0.1, 0.15) is 17.8 Å². The number of carbonyl (C=O) groups is 2. The minimum Gasteiger partial charge on any atom is -0.459 e. The number of fused-ring (bicyclic) bond motifs is 1. The lowest BCUT2D eigenvalue weighted by Crippen LogP contribution is -2.43. The van der Waals surface area contributed by atoms with Gasteiger partial charge >= 0.3 is 13.1 Å². The summed E-state index contributed by atoms with van der Waals surface area (Å²) >= 11 is 0. The van der Waals surface area contributed by atoms with Crippen molar-refractivity contribution in [1.29, 1.82) is 0 Å². The molecule has 1 unspecified atom stereocenters. The van der Waals surface area contributed by atoms with Crippen LogP contribution in [0, 0.1) is 0 Å². The third-order valence-electron chi connectivity index (χ3n) is 6.25. The predicted octanol–water partition coefficient (Wildman–Crippen LogP) is 3.45. The lowest BCUT2D eigenvalue weighted by Gasteiger charge is -2.32. The SMILES string of the molecule is CCOP(C)(=O)c1cc2c(cc1B1OC(C)(C)C(C)(C)O1)c(C(C)=O)nn2CC(=O)OC(C)(C)C. The summed E-state index contributed by atoms with van der Waals surface area (Å²) < 4.78 is 38.7. The van der Waals surface area contributed by atoms with E-state index < -0.39 is 37.3 Å². The maximum atomic E-state index is 13.7. The Kier molecular flexibility index (Phi) is 7.21. The van der Waals surface area contributed by atoms with Gasteiger partial charge in [-0.3, -0.25) is 18.8 Å². The molecule has 3 rings (SSSR count). The number of ether oxygens (including phenoxy) is 1. The van der Waals surface area contributed by atoms with E-state index in [1.165, 1.54) is 18.3 Å². The molecule has 0 bridgehead atoms. The summed E-state index contributed by atoms with van der Waals surface area (Å²) in [4.78, 5) is 25.0. The standard InChI is InChI=1S/C24H36BN2O7P/c1-11-31-35(10,30)19-13-18-16(12-17(19)25-33-23(6,7)24(8,9)34-25)21(15(2)28)26-27(18)14-20(29)32-22(3,4)5/h12-13H,11,14H2,1-10H3. The first-order valence-electron chi connectivity index (χ1n) is 11.7. The largest absolute Gasteiger partial charge is 0.495 e. The summed E-state index contributed by atoms with van der Waals surface area (Å²) in [6, 6.07) is 3.38. The van der Waals surface area contributed by atoms with E-state index in [-0.39, 0.29) is 24.6 Å². The summed E-state index contributed by atoms with van der Waals surface area (Å²) in [7, 11) is -4.16. The highest BCUT2D eigenvalue weighted by Crippen LogP contribution is 2.43. The van der Waals surface area contributed by atoms with E-state index in [4.69, 9.17) is 18.6 Å². The van der Waals surface area contributed by atoms with Gasteiger partial charge in [0.05, 0.1) is 23.3 Å². The molecule has 9 nitrogen and oxygen atoms in total. The average Bonchev–Trinajstić information content (AvgIpc) is 3.12. The second-order valence-corrected chi connectivity index (χ2v) is 13.4. The Bertz CT molecular complexity index is 1200. The third kappa shape index (κ3) is 5.56. The number of aromatic nitrogens is 2. The highest BCUT2D eigenvalue weighted by Gasteiger charge is 2.53. The van der Waals surface area contributed by atoms with Crippen LogP contribution in [0.15, 0.2) is 12.1 Å². The maximum Gasteiger partial charge on any atom is 0.495 e. The summed E-state index contributed by atoms with van der Waals surface area (Å²) in [6.45, 7) is 17.8. The minimum absolute atomic E-state index is 0.190. The molecular weight excluding hydrogens is 470 g/mol. The molecule has 1 aromatic carbocycles. The lowest BCUT2D eigenvalue weighted by molar-refractivity contribution is -0.155. The zero-order valence-electron chi connectivity index (χ0n) is 22.3. The molecule has 35 heavy (non-hydrogen) atoms. The molecule has 0 spiro atoms. The van der Waals surface area contributed by atoms with Crippen molar-refractivity contribution in [3.63, 3.8) is 0 Å². The van der Waals surface area contributed by atoms with Crippen LogP contribution >= 0.6 is 7.37 Å². The zero-order chi connectivity index (χ0) is 26.6. The molecule has 0 saturated carbocycles. The number of rotatable bonds is 7. The predicted molar refractivity (Wildman–Crippen MR) is 136 cm³/mol. The van der Waals surface area contributed by atoms with Crippen molar-refractivity contribution in [1.82, 2.24) is 9.78 Å². The normalized spacial score (nSPS) is 19.1. The van der Waals surface area contributed by atoms with E-state index >= 15 is 0 Å². The van der Waals surface area contributed by atoms with E-state index in [0.717, 1.165) is 0 Å². The van der Waals surface area contributed by atoms with Crippen molar-refractivity contribution in [2.75, 3.05) is 13.3 Å². The topological polar surface area (TPSA) is 106 Å². The van der Waals surface area contributed by atoms with Crippen molar-refractivity contribution in [3.05, 3.63) is 17.8 Å². The van der Waals surface area contributed by atoms with E-state index in [1.807, 2.05) is 27.7 Å². The Hall–Kier alpha value is -2.00. The average molecular weight is 506 g/mol. The number of hydrogen-bond acceptors (Lipinski definition) is 8. The number of hydrogen-bond donors (Lipinski definition) is 0. The van der Waals surface area contributed by atoms with Crippen molar-refractivity contribution in [3.8, 4) is 0 Å². The summed E-state index contributed by atoms with van der Waals surface area (Å²) in [5.41, 5.74) is -0.759. The number of benzene rings is 1. The van der Waals surface area contributed by atoms with Crippen LogP contribution in [0.2, 0.25) is 0 Å². The molecule has 0 aliphatic carbocycles. The fourth-order valence-corrected chi connectivity index (χ4v) is 5.56. The van der Waals surface area contributed by atoms with E-state index in [0.29, 0.717) is 21.7 Å².